The molecule has 116 valence electrons. The van der Waals surface area contributed by atoms with E-state index in [1.54, 1.807) is 0 Å². The highest BCUT2D eigenvalue weighted by Gasteiger charge is 2.29. The monoisotopic (exact) mass is 281 g/mol. The molecule has 1 unspecified atom stereocenters. The second-order valence-electron chi connectivity index (χ2n) is 6.63. The molecule has 2 fully saturated rings. The Labute approximate surface area is 123 Å². The fourth-order valence-electron chi connectivity index (χ4n) is 3.66. The Bertz CT molecular complexity index is 307. The first-order valence-electron chi connectivity index (χ1n) is 8.31. The predicted octanol–water partition coefficient (Wildman–Crippen LogP) is 1.90. The van der Waals surface area contributed by atoms with Crippen LogP contribution in [0.4, 0.5) is 0 Å². The van der Waals surface area contributed by atoms with E-state index < -0.39 is 0 Å². The Hall–Kier alpha value is -0.610. The normalized spacial score (nSPS) is 29.6. The van der Waals surface area contributed by atoms with Crippen LogP contribution < -0.4 is 10.6 Å². The van der Waals surface area contributed by atoms with Gasteiger partial charge in [0, 0.05) is 18.1 Å². The van der Waals surface area contributed by atoms with E-state index in [1.165, 1.54) is 38.5 Å². The summed E-state index contributed by atoms with van der Waals surface area (Å²) in [6.07, 6.45) is 9.70. The van der Waals surface area contributed by atoms with Gasteiger partial charge in [-0.1, -0.05) is 12.8 Å². The van der Waals surface area contributed by atoms with Crippen LogP contribution in [0.5, 0.6) is 0 Å². The number of carbonyl (C=O) groups excluding carboxylic acids is 1. The van der Waals surface area contributed by atoms with E-state index in [4.69, 9.17) is 0 Å². The van der Waals surface area contributed by atoms with Gasteiger partial charge in [0.25, 0.3) is 0 Å². The van der Waals surface area contributed by atoms with Crippen LogP contribution in [0.15, 0.2) is 0 Å². The molecule has 2 saturated carbocycles. The summed E-state index contributed by atoms with van der Waals surface area (Å²) < 4.78 is 0. The molecule has 0 saturated heterocycles. The molecule has 0 aromatic rings. The van der Waals surface area contributed by atoms with Crippen molar-refractivity contribution in [1.29, 1.82) is 0 Å². The summed E-state index contributed by atoms with van der Waals surface area (Å²) in [5.74, 6) is 0.218. The van der Waals surface area contributed by atoms with Crippen molar-refractivity contribution in [2.24, 2.45) is 0 Å². The molecule has 20 heavy (non-hydrogen) atoms. The van der Waals surface area contributed by atoms with Gasteiger partial charge in [-0.2, -0.15) is 0 Å². The molecule has 0 aromatic heterocycles. The first-order chi connectivity index (χ1) is 9.61. The van der Waals surface area contributed by atoms with E-state index >= 15 is 0 Å². The average Bonchev–Trinajstić information content (AvgIpc) is 2.98. The van der Waals surface area contributed by atoms with Gasteiger partial charge < -0.3 is 10.6 Å². The summed E-state index contributed by atoms with van der Waals surface area (Å²) in [7, 11) is 4.16. The lowest BCUT2D eigenvalue weighted by Gasteiger charge is -2.37. The molecule has 0 heterocycles. The van der Waals surface area contributed by atoms with Gasteiger partial charge in [0.05, 0.1) is 6.04 Å². The van der Waals surface area contributed by atoms with Crippen LogP contribution in [0, 0.1) is 0 Å². The lowest BCUT2D eigenvalue weighted by molar-refractivity contribution is -0.127. The smallest absolute Gasteiger partial charge is 0.237 e. The third-order valence-electron chi connectivity index (χ3n) is 5.37. The maximum atomic E-state index is 12.3. The van der Waals surface area contributed by atoms with Crippen molar-refractivity contribution in [2.75, 3.05) is 14.1 Å². The van der Waals surface area contributed by atoms with Crippen molar-refractivity contribution in [1.82, 2.24) is 15.5 Å². The molecule has 0 aliphatic heterocycles. The van der Waals surface area contributed by atoms with Crippen molar-refractivity contribution in [3.8, 4) is 0 Å². The summed E-state index contributed by atoms with van der Waals surface area (Å²) in [5, 5.41) is 6.59. The van der Waals surface area contributed by atoms with Gasteiger partial charge >= 0.3 is 0 Å². The predicted molar refractivity (Wildman–Crippen MR) is 82.7 cm³/mol. The molecule has 2 N–H and O–H groups in total. The van der Waals surface area contributed by atoms with Gasteiger partial charge in [-0.25, -0.2) is 0 Å². The topological polar surface area (TPSA) is 44.4 Å². The van der Waals surface area contributed by atoms with Crippen molar-refractivity contribution < 1.29 is 4.79 Å². The van der Waals surface area contributed by atoms with E-state index in [2.05, 4.69) is 29.5 Å². The fourth-order valence-corrected chi connectivity index (χ4v) is 3.66. The van der Waals surface area contributed by atoms with Gasteiger partial charge in [-0.15, -0.1) is 0 Å². The van der Waals surface area contributed by atoms with Crippen molar-refractivity contribution >= 4 is 5.91 Å². The number of nitrogens with one attached hydrogen (secondary N) is 2. The number of hydrogen-bond donors (Lipinski definition) is 2. The second-order valence-corrected chi connectivity index (χ2v) is 6.63. The molecule has 0 aromatic carbocycles. The third kappa shape index (κ3) is 3.95. The minimum absolute atomic E-state index is 0.00765. The molecule has 0 radical (unpaired) electrons. The first-order valence-corrected chi connectivity index (χ1v) is 8.31. The zero-order valence-electron chi connectivity index (χ0n) is 13.3. The van der Waals surface area contributed by atoms with E-state index in [1.807, 2.05) is 7.05 Å². The number of rotatable bonds is 5. The highest BCUT2D eigenvalue weighted by atomic mass is 16.2. The molecule has 2 aliphatic rings. The molecule has 4 nitrogen and oxygen atoms in total. The second kappa shape index (κ2) is 7.41. The van der Waals surface area contributed by atoms with Crippen LogP contribution in [0.3, 0.4) is 0 Å². The number of nitrogens with zero attached hydrogens (tertiary/aromatic N) is 1. The van der Waals surface area contributed by atoms with Crippen molar-refractivity contribution in [3.05, 3.63) is 0 Å². The summed E-state index contributed by atoms with van der Waals surface area (Å²) in [6, 6.07) is 1.65. The van der Waals surface area contributed by atoms with Crippen molar-refractivity contribution in [2.45, 2.75) is 82.5 Å². The maximum absolute atomic E-state index is 12.3. The van der Waals surface area contributed by atoms with Crippen LogP contribution >= 0.6 is 0 Å². The maximum Gasteiger partial charge on any atom is 0.237 e. The number of likely N-dealkylation sites (N-methyl/N-ethyl adjacent to an activating group) is 1. The molecule has 2 rings (SSSR count). The highest BCUT2D eigenvalue weighted by Crippen LogP contribution is 2.24. The molecule has 1 atom stereocenters. The first kappa shape index (κ1) is 15.8. The molecule has 0 bridgehead atoms. The standard InChI is InChI=1S/C16H31N3O/c1-12(16(20)18-14-6-4-5-7-14)19(3)15-10-8-13(17-2)9-11-15/h12-15,17H,4-11H2,1-3H3,(H,18,20). The molecular formula is C16H31N3O. The Kier molecular flexibility index (Phi) is 5.85. The Morgan fingerprint density at radius 1 is 1.05 bits per heavy atom. The van der Waals surface area contributed by atoms with E-state index in [0.29, 0.717) is 18.1 Å². The Morgan fingerprint density at radius 3 is 2.20 bits per heavy atom. The van der Waals surface area contributed by atoms with E-state index in [9.17, 15) is 4.79 Å². The van der Waals surface area contributed by atoms with Crippen LogP contribution in [0.25, 0.3) is 0 Å². The van der Waals surface area contributed by atoms with Crippen molar-refractivity contribution in [3.63, 3.8) is 0 Å². The van der Waals surface area contributed by atoms with E-state index in [0.717, 1.165) is 12.8 Å². The van der Waals surface area contributed by atoms with Gasteiger partial charge in [0.15, 0.2) is 0 Å². The van der Waals surface area contributed by atoms with Crippen LogP contribution in [-0.4, -0.2) is 49.1 Å². The van der Waals surface area contributed by atoms with Crippen LogP contribution in [0.2, 0.25) is 0 Å². The molecule has 1 amide bonds. The quantitative estimate of drug-likeness (QED) is 0.809. The summed E-state index contributed by atoms with van der Waals surface area (Å²) >= 11 is 0. The van der Waals surface area contributed by atoms with Crippen LogP contribution in [0.1, 0.15) is 58.3 Å². The van der Waals surface area contributed by atoms with Gasteiger partial charge in [-0.3, -0.25) is 9.69 Å². The zero-order valence-corrected chi connectivity index (χ0v) is 13.3. The average molecular weight is 281 g/mol. The fraction of sp³-hybridized carbons (Fsp3) is 0.938. The summed E-state index contributed by atoms with van der Waals surface area (Å²) in [5.41, 5.74) is 0. The lowest BCUT2D eigenvalue weighted by Crippen LogP contribution is -2.51. The molecule has 4 heteroatoms. The minimum atomic E-state index is -0.00765. The lowest BCUT2D eigenvalue weighted by atomic mass is 9.90. The highest BCUT2D eigenvalue weighted by molar-refractivity contribution is 5.81. The minimum Gasteiger partial charge on any atom is -0.352 e. The third-order valence-corrected chi connectivity index (χ3v) is 5.37. The van der Waals surface area contributed by atoms with Gasteiger partial charge in [0.2, 0.25) is 5.91 Å². The van der Waals surface area contributed by atoms with Gasteiger partial charge in [0.1, 0.15) is 0 Å². The number of hydrogen-bond acceptors (Lipinski definition) is 3. The Balaban J connectivity index is 1.78. The van der Waals surface area contributed by atoms with E-state index in [-0.39, 0.29) is 11.9 Å². The Morgan fingerprint density at radius 2 is 1.65 bits per heavy atom. The van der Waals surface area contributed by atoms with Crippen LogP contribution in [-0.2, 0) is 4.79 Å². The molecular weight excluding hydrogens is 250 g/mol. The van der Waals surface area contributed by atoms with Gasteiger partial charge in [-0.05, 0) is 59.5 Å². The zero-order chi connectivity index (χ0) is 14.5. The number of amides is 1. The molecule has 2 aliphatic carbocycles. The molecule has 0 spiro atoms. The SMILES string of the molecule is CNC1CCC(N(C)C(C)C(=O)NC2CCCC2)CC1. The summed E-state index contributed by atoms with van der Waals surface area (Å²) in [4.78, 5) is 14.6. The summed E-state index contributed by atoms with van der Waals surface area (Å²) in [6.45, 7) is 2.05. The largest absolute Gasteiger partial charge is 0.352 e. The number of carbonyl (C=O) groups is 1.